The Morgan fingerprint density at radius 3 is 1.65 bits per heavy atom. The molecule has 0 aliphatic carbocycles. The third kappa shape index (κ3) is 9.77. The molecule has 17 heteroatoms. The lowest BCUT2D eigenvalue weighted by molar-refractivity contribution is -0.384. The number of aliphatic carboxylic acids is 1. The number of amides is 2. The van der Waals surface area contributed by atoms with E-state index < -0.39 is 15.8 Å². The molecule has 4 heterocycles. The van der Waals surface area contributed by atoms with Gasteiger partial charge in [-0.15, -0.1) is 0 Å². The van der Waals surface area contributed by atoms with Crippen LogP contribution in [-0.2, 0) is 14.4 Å². The van der Waals surface area contributed by atoms with Crippen molar-refractivity contribution in [3.05, 3.63) is 143 Å². The van der Waals surface area contributed by atoms with E-state index in [1.165, 1.54) is 22.2 Å². The van der Waals surface area contributed by atoms with E-state index in [-0.39, 0.29) is 29.6 Å². The van der Waals surface area contributed by atoms with Crippen LogP contribution < -0.4 is 5.01 Å². The van der Waals surface area contributed by atoms with E-state index in [0.29, 0.717) is 86.8 Å². The summed E-state index contributed by atoms with van der Waals surface area (Å²) in [5.74, 6) is 0.0264. The normalized spacial score (nSPS) is 15.0. The minimum absolute atomic E-state index is 0.0275. The second-order valence-corrected chi connectivity index (χ2v) is 15.1. The third-order valence-electron chi connectivity index (χ3n) is 10.2. The molecule has 2 aromatic heterocycles. The van der Waals surface area contributed by atoms with Crippen molar-refractivity contribution >= 4 is 70.0 Å². The average Bonchev–Trinajstić information content (AvgIpc) is 4.01. The maximum absolute atomic E-state index is 12.9. The fourth-order valence-corrected chi connectivity index (χ4v) is 6.73. The number of benzene rings is 3. The first-order chi connectivity index (χ1) is 29.4. The number of anilines is 1. The van der Waals surface area contributed by atoms with Gasteiger partial charge in [-0.3, -0.25) is 34.6 Å². The van der Waals surface area contributed by atoms with E-state index in [1.807, 2.05) is 27.7 Å². The number of aryl methyl sites for hydroxylation is 4. The molecule has 2 aliphatic rings. The van der Waals surface area contributed by atoms with Gasteiger partial charge in [0.2, 0.25) is 0 Å². The largest absolute Gasteiger partial charge is 0.481 e. The number of nitrogens with zero attached hydrogens (tertiary/aromatic N) is 6. The van der Waals surface area contributed by atoms with Gasteiger partial charge in [-0.05, 0) is 149 Å². The van der Waals surface area contributed by atoms with E-state index in [4.69, 9.17) is 25.5 Å². The van der Waals surface area contributed by atoms with Crippen LogP contribution in [0.25, 0.3) is 34.8 Å². The molecule has 0 unspecified atom stereocenters. The average molecular weight is 861 g/mol. The van der Waals surface area contributed by atoms with Gasteiger partial charge in [0.15, 0.2) is 0 Å². The van der Waals surface area contributed by atoms with E-state index in [1.54, 1.807) is 86.7 Å². The van der Waals surface area contributed by atoms with Crippen LogP contribution in [0.15, 0.2) is 103 Å². The zero-order chi connectivity index (χ0) is 45.0. The van der Waals surface area contributed by atoms with Gasteiger partial charge in [-0.25, -0.2) is 5.01 Å². The van der Waals surface area contributed by atoms with Crippen molar-refractivity contribution in [1.29, 1.82) is 0 Å². The summed E-state index contributed by atoms with van der Waals surface area (Å²) >= 11 is 5.92. The number of unbranched alkanes of at least 4 members (excludes halogenated alkanes) is 1. The zero-order valence-electron chi connectivity index (χ0n) is 34.6. The summed E-state index contributed by atoms with van der Waals surface area (Å²) in [6.45, 7) is 11.2. The highest BCUT2D eigenvalue weighted by Gasteiger charge is 2.30. The standard InChI is InChI=1S/C23H18ClN3O4.C22H23N3O6/c1-13-10-20(21(27(29)30)11-14(13)2)22-9-8-18(31-22)12-19-15(3)25-26(23(19)28)17-6-4-16(24)5-7-17;1-13-10-18(19(25(29)30)11-14(13)2)20-8-7-16(31-20)12-17-15(3)23-24(22(17)28)9-5-4-6-21(26)27/h4-12H,1-3H3;7-8,10-12H,4-6,9H2,1-3H3,(H,26,27)/b19-12-;17-12-. The number of furan rings is 2. The number of hydrazone groups is 2. The molecule has 3 aromatic carbocycles. The molecular formula is C45H41ClN6O10. The molecule has 5 aromatic rings. The molecule has 0 saturated carbocycles. The Balaban J connectivity index is 0.000000207. The SMILES string of the molecule is CC1=NN(CCCCC(=O)O)C(=O)/C1=C\c1ccc(-c2cc(C)c(C)cc2[N+](=O)[O-])o1.CC1=NN(c2ccc(Cl)cc2)C(=O)/C1=C\c1ccc(-c2cc(C)c(C)cc2[N+](=O)[O-])o1. The highest BCUT2D eigenvalue weighted by Crippen LogP contribution is 2.36. The Hall–Kier alpha value is -7.46. The predicted molar refractivity (Wildman–Crippen MR) is 235 cm³/mol. The molecule has 0 saturated heterocycles. The van der Waals surface area contributed by atoms with Crippen molar-refractivity contribution in [2.75, 3.05) is 11.6 Å². The lowest BCUT2D eigenvalue weighted by Gasteiger charge is -2.11. The molecule has 2 aliphatic heterocycles. The first kappa shape index (κ1) is 44.1. The quantitative estimate of drug-likeness (QED) is 0.0542. The fraction of sp³-hybridized carbons (Fsp3) is 0.222. The van der Waals surface area contributed by atoms with Crippen LogP contribution in [0.5, 0.6) is 0 Å². The van der Waals surface area contributed by atoms with Crippen molar-refractivity contribution in [2.24, 2.45) is 10.2 Å². The number of carbonyl (C=O) groups is 3. The summed E-state index contributed by atoms with van der Waals surface area (Å²) < 4.78 is 11.6. The van der Waals surface area contributed by atoms with Gasteiger partial charge in [0, 0.05) is 30.1 Å². The molecule has 0 spiro atoms. The number of rotatable bonds is 12. The van der Waals surface area contributed by atoms with Crippen LogP contribution in [0.4, 0.5) is 17.1 Å². The molecule has 0 fully saturated rings. The summed E-state index contributed by atoms with van der Waals surface area (Å²) in [5, 5.41) is 43.4. The number of nitro groups is 2. The number of nitro benzene ring substituents is 2. The maximum Gasteiger partial charge on any atom is 0.303 e. The first-order valence-electron chi connectivity index (χ1n) is 19.3. The highest BCUT2D eigenvalue weighted by molar-refractivity contribution is 6.32. The topological polar surface area (TPSA) is 215 Å². The lowest BCUT2D eigenvalue weighted by atomic mass is 10.0. The molecule has 2 amide bonds. The number of hydrogen-bond donors (Lipinski definition) is 1. The summed E-state index contributed by atoms with van der Waals surface area (Å²) in [5.41, 5.74) is 6.58. The van der Waals surface area contributed by atoms with Crippen LogP contribution in [0, 0.1) is 47.9 Å². The van der Waals surface area contributed by atoms with Gasteiger partial charge < -0.3 is 13.9 Å². The summed E-state index contributed by atoms with van der Waals surface area (Å²) in [6.07, 6.45) is 4.20. The van der Waals surface area contributed by atoms with Crippen molar-refractivity contribution in [3.63, 3.8) is 0 Å². The monoisotopic (exact) mass is 860 g/mol. The van der Waals surface area contributed by atoms with Crippen molar-refractivity contribution in [1.82, 2.24) is 5.01 Å². The van der Waals surface area contributed by atoms with Crippen molar-refractivity contribution in [3.8, 4) is 22.6 Å². The van der Waals surface area contributed by atoms with Gasteiger partial charge in [0.25, 0.3) is 23.2 Å². The number of carboxylic acids is 1. The van der Waals surface area contributed by atoms with Gasteiger partial charge in [0.05, 0.1) is 49.2 Å². The van der Waals surface area contributed by atoms with Gasteiger partial charge in [0.1, 0.15) is 23.0 Å². The van der Waals surface area contributed by atoms with Gasteiger partial charge >= 0.3 is 5.97 Å². The van der Waals surface area contributed by atoms with Crippen molar-refractivity contribution < 1.29 is 38.2 Å². The summed E-state index contributed by atoms with van der Waals surface area (Å²) in [4.78, 5) is 58.2. The Labute approximate surface area is 360 Å². The number of hydrogen-bond acceptors (Lipinski definition) is 11. The van der Waals surface area contributed by atoms with Crippen LogP contribution in [-0.4, -0.2) is 55.7 Å². The predicted octanol–water partition coefficient (Wildman–Crippen LogP) is 10.3. The Morgan fingerprint density at radius 1 is 0.694 bits per heavy atom. The lowest BCUT2D eigenvalue weighted by Crippen LogP contribution is -2.23. The number of carbonyl (C=O) groups excluding carboxylic acids is 2. The third-order valence-corrected chi connectivity index (χ3v) is 10.5. The Morgan fingerprint density at radius 2 is 1.16 bits per heavy atom. The molecule has 62 heavy (non-hydrogen) atoms. The van der Waals surface area contributed by atoms with E-state index >= 15 is 0 Å². The fourth-order valence-electron chi connectivity index (χ4n) is 6.60. The summed E-state index contributed by atoms with van der Waals surface area (Å²) in [6, 6.07) is 19.9. The summed E-state index contributed by atoms with van der Waals surface area (Å²) in [7, 11) is 0. The van der Waals surface area contributed by atoms with E-state index in [9.17, 15) is 34.6 Å². The number of carboxylic acid groups (broad SMARTS) is 1. The molecule has 318 valence electrons. The van der Waals surface area contributed by atoms with Gasteiger partial charge in [-0.2, -0.15) is 15.2 Å². The highest BCUT2D eigenvalue weighted by atomic mass is 35.5. The maximum atomic E-state index is 12.9. The van der Waals surface area contributed by atoms with Crippen LogP contribution in [0.1, 0.15) is 66.9 Å². The van der Waals surface area contributed by atoms with Gasteiger partial charge in [-0.1, -0.05) is 11.6 Å². The molecule has 0 radical (unpaired) electrons. The first-order valence-corrected chi connectivity index (χ1v) is 19.7. The number of halogens is 1. The Kier molecular flexibility index (Phi) is 13.1. The molecule has 0 bridgehead atoms. The smallest absolute Gasteiger partial charge is 0.303 e. The Bertz CT molecular complexity index is 2760. The van der Waals surface area contributed by atoms with Crippen molar-refractivity contribution in [2.45, 2.75) is 60.8 Å². The second kappa shape index (κ2) is 18.4. The van der Waals surface area contributed by atoms with E-state index in [0.717, 1.165) is 22.3 Å². The minimum Gasteiger partial charge on any atom is -0.481 e. The molecule has 7 rings (SSSR count). The molecule has 0 atom stereocenters. The van der Waals surface area contributed by atoms with E-state index in [2.05, 4.69) is 10.2 Å². The molecule has 1 N–H and O–H groups in total. The molecular weight excluding hydrogens is 820 g/mol. The van der Waals surface area contributed by atoms with Crippen LogP contribution in [0.2, 0.25) is 5.02 Å². The minimum atomic E-state index is -0.870. The molecule has 16 nitrogen and oxygen atoms in total. The second-order valence-electron chi connectivity index (χ2n) is 14.7. The van der Waals surface area contributed by atoms with Crippen LogP contribution in [0.3, 0.4) is 0 Å². The zero-order valence-corrected chi connectivity index (χ0v) is 35.3. The van der Waals surface area contributed by atoms with Crippen LogP contribution >= 0.6 is 11.6 Å².